The van der Waals surface area contributed by atoms with E-state index in [-0.39, 0.29) is 5.92 Å². The number of aliphatic imine (C=N–C) groups is 1. The van der Waals surface area contributed by atoms with E-state index in [4.69, 9.17) is 4.74 Å². The molecule has 6 heteroatoms. The van der Waals surface area contributed by atoms with Crippen LogP contribution < -0.4 is 0 Å². The number of carbonyl (C=O) groups is 1. The third kappa shape index (κ3) is 3.39. The van der Waals surface area contributed by atoms with Gasteiger partial charge in [0.1, 0.15) is 0 Å². The van der Waals surface area contributed by atoms with Gasteiger partial charge in [-0.25, -0.2) is 4.79 Å². The molecule has 0 radical (unpaired) electrons. The number of ether oxygens (including phenoxy) is 1. The molecular formula is C22H20N4O2. The van der Waals surface area contributed by atoms with Crippen molar-refractivity contribution in [1.29, 1.82) is 5.26 Å². The first-order valence-electron chi connectivity index (χ1n) is 9.34. The van der Waals surface area contributed by atoms with Gasteiger partial charge in [-0.3, -0.25) is 4.98 Å². The van der Waals surface area contributed by atoms with Gasteiger partial charge in [0.25, 0.3) is 0 Å². The fourth-order valence-electron chi connectivity index (χ4n) is 3.86. The molecule has 0 N–H and O–H groups in total. The zero-order valence-electron chi connectivity index (χ0n) is 15.6. The predicted octanol–water partition coefficient (Wildman–Crippen LogP) is 3.90. The molecule has 0 spiro atoms. The van der Waals surface area contributed by atoms with E-state index in [2.05, 4.69) is 20.6 Å². The Morgan fingerprint density at radius 1 is 1.39 bits per heavy atom. The summed E-state index contributed by atoms with van der Waals surface area (Å²) in [7, 11) is 0. The van der Waals surface area contributed by atoms with Gasteiger partial charge in [0.15, 0.2) is 0 Å². The van der Waals surface area contributed by atoms with Crippen molar-refractivity contribution >= 4 is 23.2 Å². The molecule has 0 saturated heterocycles. The Balaban J connectivity index is 1.71. The van der Waals surface area contributed by atoms with Crippen LogP contribution in [0.1, 0.15) is 29.4 Å². The van der Waals surface area contributed by atoms with Crippen molar-refractivity contribution in [3.8, 4) is 6.07 Å². The molecule has 1 atom stereocenters. The number of amides is 1. The second-order valence-corrected chi connectivity index (χ2v) is 6.82. The summed E-state index contributed by atoms with van der Waals surface area (Å²) in [6.07, 6.45) is 4.53. The van der Waals surface area contributed by atoms with E-state index in [9.17, 15) is 10.1 Å². The molecule has 1 aromatic carbocycles. The zero-order valence-corrected chi connectivity index (χ0v) is 15.6. The lowest BCUT2D eigenvalue weighted by Crippen LogP contribution is -2.09. The van der Waals surface area contributed by atoms with Crippen LogP contribution in [0.4, 0.5) is 4.79 Å². The smallest absolute Gasteiger partial charge is 0.433 e. The third-order valence-corrected chi connectivity index (χ3v) is 5.04. The number of hydrogen-bond acceptors (Lipinski definition) is 4. The largest absolute Gasteiger partial charge is 0.448 e. The molecule has 6 nitrogen and oxygen atoms in total. The molecule has 3 aromatic rings. The third-order valence-electron chi connectivity index (χ3n) is 5.04. The predicted molar refractivity (Wildman–Crippen MR) is 106 cm³/mol. The van der Waals surface area contributed by atoms with Crippen LogP contribution in [0.5, 0.6) is 0 Å². The van der Waals surface area contributed by atoms with Crippen LogP contribution in [-0.4, -0.2) is 28.5 Å². The van der Waals surface area contributed by atoms with Gasteiger partial charge in [0.05, 0.1) is 30.5 Å². The quantitative estimate of drug-likeness (QED) is 0.651. The Hall–Kier alpha value is -3.46. The Morgan fingerprint density at radius 2 is 2.29 bits per heavy atom. The highest BCUT2D eigenvalue weighted by Gasteiger charge is 2.28. The van der Waals surface area contributed by atoms with Crippen molar-refractivity contribution in [2.45, 2.75) is 26.3 Å². The molecule has 0 bridgehead atoms. The standard InChI is InChI=1S/C22H20N4O2/c1-2-28-22(27)25-13-16-10-19-18-9-15(12-23)6-7-20(18)26(21(19)11-16)14-17-5-3-4-8-24-17/h3-9,13,16H,2,10-11,14H2,1H3/b25-13+. The van der Waals surface area contributed by atoms with Gasteiger partial charge >= 0.3 is 6.09 Å². The summed E-state index contributed by atoms with van der Waals surface area (Å²) in [4.78, 5) is 19.9. The Bertz CT molecular complexity index is 1090. The summed E-state index contributed by atoms with van der Waals surface area (Å²) in [6.45, 7) is 2.75. The fourth-order valence-corrected chi connectivity index (χ4v) is 3.86. The van der Waals surface area contributed by atoms with Crippen molar-refractivity contribution in [2.24, 2.45) is 10.9 Å². The van der Waals surface area contributed by atoms with E-state index >= 15 is 0 Å². The molecule has 0 fully saturated rings. The molecule has 0 saturated carbocycles. The van der Waals surface area contributed by atoms with E-state index < -0.39 is 6.09 Å². The summed E-state index contributed by atoms with van der Waals surface area (Å²) in [5.41, 5.74) is 5.18. The first-order chi connectivity index (χ1) is 13.7. The Morgan fingerprint density at radius 3 is 3.04 bits per heavy atom. The van der Waals surface area contributed by atoms with E-state index in [0.29, 0.717) is 18.7 Å². The molecule has 1 aliphatic carbocycles. The van der Waals surface area contributed by atoms with Crippen molar-refractivity contribution < 1.29 is 9.53 Å². The van der Waals surface area contributed by atoms with Crippen LogP contribution in [0.15, 0.2) is 47.6 Å². The number of carbonyl (C=O) groups excluding carboxylic acids is 1. The minimum atomic E-state index is -0.549. The van der Waals surface area contributed by atoms with Gasteiger partial charge in [-0.2, -0.15) is 10.3 Å². The normalized spacial score (nSPS) is 15.6. The highest BCUT2D eigenvalue weighted by Crippen LogP contribution is 2.36. The maximum atomic E-state index is 11.5. The van der Waals surface area contributed by atoms with Crippen molar-refractivity contribution in [1.82, 2.24) is 9.55 Å². The molecule has 140 valence electrons. The number of fused-ring (bicyclic) bond motifs is 3. The minimum absolute atomic E-state index is 0.138. The van der Waals surface area contributed by atoms with E-state index in [1.165, 1.54) is 11.3 Å². The van der Waals surface area contributed by atoms with Gasteiger partial charge in [0, 0.05) is 34.9 Å². The molecule has 2 aromatic heterocycles. The number of nitrogens with zero attached hydrogens (tertiary/aromatic N) is 4. The van der Waals surface area contributed by atoms with Gasteiger partial charge in [-0.05, 0) is 55.7 Å². The number of rotatable bonds is 4. The fraction of sp³-hybridized carbons (Fsp3) is 0.273. The summed E-state index contributed by atoms with van der Waals surface area (Å²) in [5, 5.41) is 10.4. The SMILES string of the molecule is CCOC(=O)/N=C/C1Cc2c(n(Cc3ccccn3)c3ccc(C#N)cc23)C1. The number of pyridine rings is 1. The van der Waals surface area contributed by atoms with Gasteiger partial charge in [-0.1, -0.05) is 6.07 Å². The topological polar surface area (TPSA) is 80.3 Å². The molecular weight excluding hydrogens is 352 g/mol. The molecule has 2 heterocycles. The lowest BCUT2D eigenvalue weighted by atomic mass is 10.0. The molecule has 1 aliphatic rings. The molecule has 1 unspecified atom stereocenters. The first kappa shape index (κ1) is 17.9. The lowest BCUT2D eigenvalue weighted by Gasteiger charge is -2.10. The summed E-state index contributed by atoms with van der Waals surface area (Å²) in [6, 6.07) is 13.9. The Labute approximate surface area is 163 Å². The molecule has 1 amide bonds. The lowest BCUT2D eigenvalue weighted by molar-refractivity contribution is 0.163. The highest BCUT2D eigenvalue weighted by atomic mass is 16.5. The number of hydrogen-bond donors (Lipinski definition) is 0. The second-order valence-electron chi connectivity index (χ2n) is 6.82. The van der Waals surface area contributed by atoms with Crippen molar-refractivity contribution in [3.05, 3.63) is 65.1 Å². The van der Waals surface area contributed by atoms with Gasteiger partial charge in [0.2, 0.25) is 0 Å². The number of nitriles is 1. The average Bonchev–Trinajstić information content (AvgIpc) is 3.25. The summed E-state index contributed by atoms with van der Waals surface area (Å²) in [5.74, 6) is 0.138. The van der Waals surface area contributed by atoms with Crippen LogP contribution in [0.25, 0.3) is 10.9 Å². The number of benzene rings is 1. The van der Waals surface area contributed by atoms with Crippen LogP contribution in [0.3, 0.4) is 0 Å². The van der Waals surface area contributed by atoms with E-state index in [1.807, 2.05) is 36.4 Å². The molecule has 0 aliphatic heterocycles. The first-order valence-corrected chi connectivity index (χ1v) is 9.34. The van der Waals surface area contributed by atoms with Gasteiger partial charge < -0.3 is 9.30 Å². The van der Waals surface area contributed by atoms with Crippen LogP contribution >= 0.6 is 0 Å². The van der Waals surface area contributed by atoms with Crippen molar-refractivity contribution in [2.75, 3.05) is 6.61 Å². The average molecular weight is 372 g/mol. The highest BCUT2D eigenvalue weighted by molar-refractivity contribution is 5.89. The summed E-state index contributed by atoms with van der Waals surface area (Å²) < 4.78 is 7.15. The molecule has 28 heavy (non-hydrogen) atoms. The maximum Gasteiger partial charge on any atom is 0.433 e. The second kappa shape index (κ2) is 7.65. The Kier molecular flexibility index (Phi) is 4.90. The van der Waals surface area contributed by atoms with Gasteiger partial charge in [-0.15, -0.1) is 0 Å². The van der Waals surface area contributed by atoms with Crippen LogP contribution in [0.2, 0.25) is 0 Å². The van der Waals surface area contributed by atoms with E-state index in [1.54, 1.807) is 19.3 Å². The monoisotopic (exact) mass is 372 g/mol. The zero-order chi connectivity index (χ0) is 19.5. The van der Waals surface area contributed by atoms with Crippen LogP contribution in [-0.2, 0) is 24.1 Å². The number of aromatic nitrogens is 2. The molecule has 4 rings (SSSR count). The van der Waals surface area contributed by atoms with Crippen LogP contribution in [0, 0.1) is 17.2 Å². The maximum absolute atomic E-state index is 11.5. The van der Waals surface area contributed by atoms with Crippen molar-refractivity contribution in [3.63, 3.8) is 0 Å². The minimum Gasteiger partial charge on any atom is -0.448 e. The summed E-state index contributed by atoms with van der Waals surface area (Å²) >= 11 is 0. The van der Waals surface area contributed by atoms with E-state index in [0.717, 1.165) is 29.4 Å².